The van der Waals surface area contributed by atoms with Crippen molar-refractivity contribution >= 4 is 11.6 Å². The Balaban J connectivity index is 1.95. The first-order valence-corrected chi connectivity index (χ1v) is 7.49. The van der Waals surface area contributed by atoms with Crippen LogP contribution in [0.3, 0.4) is 0 Å². The first kappa shape index (κ1) is 13.5. The van der Waals surface area contributed by atoms with Crippen molar-refractivity contribution in [3.63, 3.8) is 0 Å². The van der Waals surface area contributed by atoms with Crippen LogP contribution in [0.5, 0.6) is 5.75 Å². The van der Waals surface area contributed by atoms with Crippen molar-refractivity contribution in [2.45, 2.75) is 38.7 Å². The molecule has 2 unspecified atom stereocenters. The Bertz CT molecular complexity index is 648. The van der Waals surface area contributed by atoms with Gasteiger partial charge >= 0.3 is 0 Å². The van der Waals surface area contributed by atoms with E-state index in [1.807, 2.05) is 6.07 Å². The normalized spacial score (nSPS) is 18.5. The first-order chi connectivity index (χ1) is 9.54. The quantitative estimate of drug-likeness (QED) is 0.709. The van der Waals surface area contributed by atoms with Crippen molar-refractivity contribution in [2.24, 2.45) is 0 Å². The molecule has 0 spiro atoms. The molecular weight excluding hydrogens is 268 g/mol. The van der Waals surface area contributed by atoms with Crippen molar-refractivity contribution in [2.75, 3.05) is 0 Å². The molecule has 1 heterocycles. The molecule has 0 aliphatic carbocycles. The van der Waals surface area contributed by atoms with E-state index in [-0.39, 0.29) is 11.5 Å². The molecule has 2 atom stereocenters. The van der Waals surface area contributed by atoms with Gasteiger partial charge in [-0.05, 0) is 49.1 Å². The van der Waals surface area contributed by atoms with Gasteiger partial charge in [0.1, 0.15) is 11.9 Å². The highest BCUT2D eigenvalue weighted by molar-refractivity contribution is 6.22. The Morgan fingerprint density at radius 1 is 1.15 bits per heavy atom. The molecule has 0 aromatic heterocycles. The van der Waals surface area contributed by atoms with Crippen LogP contribution >= 0.6 is 11.6 Å². The van der Waals surface area contributed by atoms with E-state index in [4.69, 9.17) is 16.3 Å². The molecule has 0 fully saturated rings. The predicted molar refractivity (Wildman–Crippen MR) is 83.8 cm³/mol. The van der Waals surface area contributed by atoms with Crippen molar-refractivity contribution < 1.29 is 4.74 Å². The monoisotopic (exact) mass is 286 g/mol. The van der Waals surface area contributed by atoms with E-state index < -0.39 is 0 Å². The topological polar surface area (TPSA) is 9.23 Å². The minimum Gasteiger partial charge on any atom is -0.490 e. The summed E-state index contributed by atoms with van der Waals surface area (Å²) >= 11 is 6.69. The maximum atomic E-state index is 6.69. The van der Waals surface area contributed by atoms with Gasteiger partial charge in [-0.15, -0.1) is 11.6 Å². The van der Waals surface area contributed by atoms with E-state index in [1.165, 1.54) is 22.3 Å². The van der Waals surface area contributed by atoms with Gasteiger partial charge in [-0.25, -0.2) is 0 Å². The van der Waals surface area contributed by atoms with Crippen LogP contribution in [0.25, 0.3) is 0 Å². The molecular formula is C18H19ClO. The number of fused-ring (bicyclic) bond motifs is 1. The zero-order chi connectivity index (χ0) is 14.3. The van der Waals surface area contributed by atoms with E-state index >= 15 is 0 Å². The van der Waals surface area contributed by atoms with Crippen molar-refractivity contribution in [1.29, 1.82) is 0 Å². The second kappa shape index (κ2) is 5.14. The summed E-state index contributed by atoms with van der Waals surface area (Å²) in [4.78, 5) is 0. The van der Waals surface area contributed by atoms with Gasteiger partial charge in [0.2, 0.25) is 0 Å². The number of hydrogen-bond acceptors (Lipinski definition) is 1. The fourth-order valence-electron chi connectivity index (χ4n) is 2.89. The summed E-state index contributed by atoms with van der Waals surface area (Å²) in [6.45, 7) is 6.33. The number of hydrogen-bond donors (Lipinski definition) is 0. The Labute approximate surface area is 125 Å². The summed E-state index contributed by atoms with van der Waals surface area (Å²) in [6, 6.07) is 12.8. The first-order valence-electron chi connectivity index (χ1n) is 7.05. The van der Waals surface area contributed by atoms with E-state index in [9.17, 15) is 0 Å². The molecule has 2 heteroatoms. The third-order valence-corrected chi connectivity index (χ3v) is 4.40. The van der Waals surface area contributed by atoms with Crippen molar-refractivity contribution in [1.82, 2.24) is 0 Å². The van der Waals surface area contributed by atoms with Gasteiger partial charge in [0.05, 0.1) is 5.38 Å². The maximum Gasteiger partial charge on any atom is 0.123 e. The molecule has 0 radical (unpaired) electrons. The Kier molecular flexibility index (Phi) is 3.47. The predicted octanol–water partition coefficient (Wildman–Crippen LogP) is 4.96. The average Bonchev–Trinajstić information content (AvgIpc) is 2.77. The van der Waals surface area contributed by atoms with Gasteiger partial charge < -0.3 is 4.74 Å². The highest BCUT2D eigenvalue weighted by Crippen LogP contribution is 2.36. The summed E-state index contributed by atoms with van der Waals surface area (Å²) in [5.41, 5.74) is 6.12. The Hall–Kier alpha value is -1.47. The smallest absolute Gasteiger partial charge is 0.123 e. The standard InChI is InChI=1S/C18H19ClO/c1-11-4-6-16(12(2)8-11)18(19)14-5-7-17-15(10-14)9-13(3)20-17/h4-8,10,13,18H,9H2,1-3H3. The molecule has 0 N–H and O–H groups in total. The van der Waals surface area contributed by atoms with Gasteiger partial charge in [0.15, 0.2) is 0 Å². The SMILES string of the molecule is Cc1ccc(C(Cl)c2ccc3c(c2)CC(C)O3)c(C)c1. The largest absolute Gasteiger partial charge is 0.490 e. The number of aryl methyl sites for hydroxylation is 2. The number of benzene rings is 2. The van der Waals surface area contributed by atoms with Gasteiger partial charge in [-0.2, -0.15) is 0 Å². The lowest BCUT2D eigenvalue weighted by Gasteiger charge is -2.14. The lowest BCUT2D eigenvalue weighted by molar-refractivity contribution is 0.254. The minimum atomic E-state index is -0.100. The molecule has 104 valence electrons. The van der Waals surface area contributed by atoms with E-state index in [1.54, 1.807) is 0 Å². The highest BCUT2D eigenvalue weighted by atomic mass is 35.5. The van der Waals surface area contributed by atoms with Gasteiger partial charge in [0, 0.05) is 6.42 Å². The molecule has 1 aliphatic rings. The zero-order valence-corrected chi connectivity index (χ0v) is 12.9. The number of halogens is 1. The lowest BCUT2D eigenvalue weighted by atomic mass is 9.96. The van der Waals surface area contributed by atoms with Crippen molar-refractivity contribution in [3.05, 3.63) is 64.2 Å². The highest BCUT2D eigenvalue weighted by Gasteiger charge is 2.21. The number of rotatable bonds is 2. The van der Waals surface area contributed by atoms with Gasteiger partial charge in [0.25, 0.3) is 0 Å². The molecule has 1 nitrogen and oxygen atoms in total. The fraction of sp³-hybridized carbons (Fsp3) is 0.333. The van der Waals surface area contributed by atoms with E-state index in [0.29, 0.717) is 0 Å². The molecule has 3 rings (SSSR count). The molecule has 2 aromatic rings. The Morgan fingerprint density at radius 3 is 2.70 bits per heavy atom. The van der Waals surface area contributed by atoms with Gasteiger partial charge in [-0.1, -0.05) is 35.9 Å². The lowest BCUT2D eigenvalue weighted by Crippen LogP contribution is -2.05. The molecule has 0 saturated carbocycles. The van der Waals surface area contributed by atoms with Crippen LogP contribution in [0.2, 0.25) is 0 Å². The fourth-order valence-corrected chi connectivity index (χ4v) is 3.27. The van der Waals surface area contributed by atoms with E-state index in [2.05, 4.69) is 51.1 Å². The number of alkyl halides is 1. The van der Waals surface area contributed by atoms with Crippen LogP contribution in [0.4, 0.5) is 0 Å². The molecule has 20 heavy (non-hydrogen) atoms. The van der Waals surface area contributed by atoms with Crippen LogP contribution in [-0.4, -0.2) is 6.10 Å². The molecule has 0 saturated heterocycles. The average molecular weight is 287 g/mol. The van der Waals surface area contributed by atoms with Crippen LogP contribution in [0.15, 0.2) is 36.4 Å². The second-order valence-electron chi connectivity index (χ2n) is 5.72. The van der Waals surface area contributed by atoms with Crippen LogP contribution < -0.4 is 4.74 Å². The molecule has 0 bridgehead atoms. The molecule has 0 amide bonds. The third-order valence-electron chi connectivity index (χ3n) is 3.91. The summed E-state index contributed by atoms with van der Waals surface area (Å²) in [5, 5.41) is -0.100. The van der Waals surface area contributed by atoms with Crippen LogP contribution in [0, 0.1) is 13.8 Å². The van der Waals surface area contributed by atoms with Gasteiger partial charge in [-0.3, -0.25) is 0 Å². The summed E-state index contributed by atoms with van der Waals surface area (Å²) in [6.07, 6.45) is 1.25. The summed E-state index contributed by atoms with van der Waals surface area (Å²) in [7, 11) is 0. The second-order valence-corrected chi connectivity index (χ2v) is 6.16. The van der Waals surface area contributed by atoms with Crippen molar-refractivity contribution in [3.8, 4) is 5.75 Å². The molecule has 1 aliphatic heterocycles. The van der Waals surface area contributed by atoms with E-state index in [0.717, 1.165) is 17.7 Å². The zero-order valence-electron chi connectivity index (χ0n) is 12.1. The van der Waals surface area contributed by atoms with Crippen LogP contribution in [-0.2, 0) is 6.42 Å². The Morgan fingerprint density at radius 2 is 1.95 bits per heavy atom. The maximum absolute atomic E-state index is 6.69. The number of ether oxygens (including phenoxy) is 1. The molecule has 2 aromatic carbocycles. The third kappa shape index (κ3) is 2.43. The summed E-state index contributed by atoms with van der Waals surface area (Å²) in [5.74, 6) is 1.01. The minimum absolute atomic E-state index is 0.100. The summed E-state index contributed by atoms with van der Waals surface area (Å²) < 4.78 is 5.74. The van der Waals surface area contributed by atoms with Crippen LogP contribution in [0.1, 0.15) is 40.1 Å².